The van der Waals surface area contributed by atoms with Crippen LogP contribution in [0.15, 0.2) is 11.6 Å². The van der Waals surface area contributed by atoms with E-state index >= 15 is 0 Å². The predicted molar refractivity (Wildman–Crippen MR) is 38.9 cm³/mol. The van der Waals surface area contributed by atoms with E-state index in [1.807, 2.05) is 6.92 Å². The summed E-state index contributed by atoms with van der Waals surface area (Å²) in [6.45, 7) is 4.12. The molecule has 50 valence electrons. The Balaban J connectivity index is 3.20. The van der Waals surface area contributed by atoms with E-state index in [0.717, 1.165) is 12.8 Å². The zero-order valence-corrected chi connectivity index (χ0v) is 6.15. The van der Waals surface area contributed by atoms with E-state index in [2.05, 4.69) is 19.1 Å². The number of nitrogens with zero attached hydrogens (tertiary/aromatic N) is 1. The summed E-state index contributed by atoms with van der Waals surface area (Å²) in [6.07, 6.45) is 4.86. The first kappa shape index (κ1) is 8.23. The summed E-state index contributed by atoms with van der Waals surface area (Å²) >= 11 is 0. The zero-order chi connectivity index (χ0) is 7.11. The molecule has 0 amide bonds. The third-order valence-electron chi connectivity index (χ3n) is 1.35. The van der Waals surface area contributed by atoms with Crippen molar-refractivity contribution in [2.45, 2.75) is 33.1 Å². The zero-order valence-electron chi connectivity index (χ0n) is 6.15. The standard InChI is InChI=1S/C8H13N/c1-3-8(2)6-4-5-7-9/h3H,4-6H2,1-2H3. The molecule has 0 aromatic heterocycles. The third-order valence-corrected chi connectivity index (χ3v) is 1.35. The molecule has 1 nitrogen and oxygen atoms in total. The van der Waals surface area contributed by atoms with Gasteiger partial charge in [-0.25, -0.2) is 0 Å². The molecule has 0 bridgehead atoms. The summed E-state index contributed by atoms with van der Waals surface area (Å²) in [4.78, 5) is 0. The molecule has 0 aromatic carbocycles. The fourth-order valence-corrected chi connectivity index (χ4v) is 0.591. The van der Waals surface area contributed by atoms with Crippen LogP contribution in [-0.4, -0.2) is 0 Å². The van der Waals surface area contributed by atoms with E-state index in [-0.39, 0.29) is 0 Å². The molecule has 0 unspecified atom stereocenters. The van der Waals surface area contributed by atoms with E-state index in [1.165, 1.54) is 5.57 Å². The summed E-state index contributed by atoms with van der Waals surface area (Å²) in [5, 5.41) is 8.18. The maximum Gasteiger partial charge on any atom is 0.0621 e. The second-order valence-corrected chi connectivity index (χ2v) is 2.15. The van der Waals surface area contributed by atoms with Gasteiger partial charge in [0.25, 0.3) is 0 Å². The number of unbranched alkanes of at least 4 members (excludes halogenated alkanes) is 1. The van der Waals surface area contributed by atoms with Crippen LogP contribution in [0.1, 0.15) is 33.1 Å². The second kappa shape index (κ2) is 5.37. The first-order valence-electron chi connectivity index (χ1n) is 3.30. The van der Waals surface area contributed by atoms with Crippen molar-refractivity contribution in [3.8, 4) is 6.07 Å². The lowest BCUT2D eigenvalue weighted by atomic mass is 10.1. The van der Waals surface area contributed by atoms with Crippen LogP contribution in [0.2, 0.25) is 0 Å². The minimum atomic E-state index is 0.686. The molecule has 9 heavy (non-hydrogen) atoms. The highest BCUT2D eigenvalue weighted by molar-refractivity contribution is 4.95. The summed E-state index contributed by atoms with van der Waals surface area (Å²) in [5.74, 6) is 0. The Morgan fingerprint density at radius 2 is 2.33 bits per heavy atom. The van der Waals surface area contributed by atoms with Gasteiger partial charge >= 0.3 is 0 Å². The minimum Gasteiger partial charge on any atom is -0.198 e. The molecular weight excluding hydrogens is 110 g/mol. The van der Waals surface area contributed by atoms with Crippen molar-refractivity contribution in [3.63, 3.8) is 0 Å². The summed E-state index contributed by atoms with van der Waals surface area (Å²) < 4.78 is 0. The van der Waals surface area contributed by atoms with Gasteiger partial charge in [0.05, 0.1) is 6.07 Å². The molecule has 0 saturated heterocycles. The largest absolute Gasteiger partial charge is 0.198 e. The molecule has 0 aromatic rings. The van der Waals surface area contributed by atoms with Gasteiger partial charge in [-0.3, -0.25) is 0 Å². The van der Waals surface area contributed by atoms with Gasteiger partial charge in [0.2, 0.25) is 0 Å². The van der Waals surface area contributed by atoms with Gasteiger partial charge in [-0.2, -0.15) is 5.26 Å². The van der Waals surface area contributed by atoms with Gasteiger partial charge in [0, 0.05) is 6.42 Å². The Bertz CT molecular complexity index is 128. The molecule has 0 fully saturated rings. The Morgan fingerprint density at radius 3 is 2.78 bits per heavy atom. The van der Waals surface area contributed by atoms with Crippen LogP contribution in [0.3, 0.4) is 0 Å². The number of rotatable bonds is 3. The molecule has 0 saturated carbocycles. The SMILES string of the molecule is CC=C(C)CCCC#N. The quantitative estimate of drug-likeness (QED) is 0.418. The van der Waals surface area contributed by atoms with Gasteiger partial charge < -0.3 is 0 Å². The van der Waals surface area contributed by atoms with E-state index in [9.17, 15) is 0 Å². The average Bonchev–Trinajstić information content (AvgIpc) is 1.89. The van der Waals surface area contributed by atoms with Gasteiger partial charge in [-0.1, -0.05) is 11.6 Å². The molecule has 0 radical (unpaired) electrons. The summed E-state index contributed by atoms with van der Waals surface area (Å²) in [6, 6.07) is 2.12. The van der Waals surface area contributed by atoms with Gasteiger partial charge in [-0.05, 0) is 26.7 Å². The van der Waals surface area contributed by atoms with Crippen molar-refractivity contribution in [2.24, 2.45) is 0 Å². The van der Waals surface area contributed by atoms with Crippen molar-refractivity contribution in [1.82, 2.24) is 0 Å². The van der Waals surface area contributed by atoms with Crippen LogP contribution in [0.4, 0.5) is 0 Å². The molecule has 0 aliphatic rings. The first-order valence-corrected chi connectivity index (χ1v) is 3.30. The van der Waals surface area contributed by atoms with E-state index in [4.69, 9.17) is 5.26 Å². The fourth-order valence-electron chi connectivity index (χ4n) is 0.591. The highest BCUT2D eigenvalue weighted by Crippen LogP contribution is 2.04. The van der Waals surface area contributed by atoms with Gasteiger partial charge in [-0.15, -0.1) is 0 Å². The monoisotopic (exact) mass is 123 g/mol. The van der Waals surface area contributed by atoms with Crippen LogP contribution >= 0.6 is 0 Å². The molecule has 0 aliphatic carbocycles. The van der Waals surface area contributed by atoms with Crippen LogP contribution in [0.25, 0.3) is 0 Å². The molecule has 1 heteroatoms. The number of nitriles is 1. The fraction of sp³-hybridized carbons (Fsp3) is 0.625. The number of hydrogen-bond donors (Lipinski definition) is 0. The first-order chi connectivity index (χ1) is 4.31. The van der Waals surface area contributed by atoms with Gasteiger partial charge in [0.15, 0.2) is 0 Å². The van der Waals surface area contributed by atoms with Crippen molar-refractivity contribution < 1.29 is 0 Å². The lowest BCUT2D eigenvalue weighted by Crippen LogP contribution is -1.75. The highest BCUT2D eigenvalue weighted by atomic mass is 14.2. The van der Waals surface area contributed by atoms with Crippen molar-refractivity contribution in [3.05, 3.63) is 11.6 Å². The average molecular weight is 123 g/mol. The molecule has 0 spiro atoms. The van der Waals surface area contributed by atoms with Crippen LogP contribution < -0.4 is 0 Å². The summed E-state index contributed by atoms with van der Waals surface area (Å²) in [7, 11) is 0. The Morgan fingerprint density at radius 1 is 1.67 bits per heavy atom. The Labute approximate surface area is 57.0 Å². The lowest BCUT2D eigenvalue weighted by molar-refractivity contribution is 0.838. The molecule has 0 rings (SSSR count). The Hall–Kier alpha value is -0.770. The van der Waals surface area contributed by atoms with E-state index in [1.54, 1.807) is 0 Å². The minimum absolute atomic E-state index is 0.686. The topological polar surface area (TPSA) is 23.8 Å². The van der Waals surface area contributed by atoms with Gasteiger partial charge in [0.1, 0.15) is 0 Å². The van der Waals surface area contributed by atoms with E-state index in [0.29, 0.717) is 6.42 Å². The smallest absolute Gasteiger partial charge is 0.0621 e. The molecule has 0 atom stereocenters. The van der Waals surface area contributed by atoms with E-state index < -0.39 is 0 Å². The predicted octanol–water partition coefficient (Wildman–Crippen LogP) is 2.65. The molecular formula is C8H13N. The second-order valence-electron chi connectivity index (χ2n) is 2.15. The number of hydrogen-bond acceptors (Lipinski definition) is 1. The molecule has 0 heterocycles. The highest BCUT2D eigenvalue weighted by Gasteiger charge is 1.86. The molecule has 0 aliphatic heterocycles. The maximum absolute atomic E-state index is 8.18. The molecule has 0 N–H and O–H groups in total. The Kier molecular flexibility index (Phi) is 4.91. The van der Waals surface area contributed by atoms with Crippen LogP contribution in [0, 0.1) is 11.3 Å². The van der Waals surface area contributed by atoms with Crippen molar-refractivity contribution >= 4 is 0 Å². The third kappa shape index (κ3) is 5.10. The van der Waals surface area contributed by atoms with Crippen molar-refractivity contribution in [2.75, 3.05) is 0 Å². The maximum atomic E-state index is 8.18. The van der Waals surface area contributed by atoms with Crippen LogP contribution in [-0.2, 0) is 0 Å². The normalized spacial score (nSPS) is 11.0. The number of allylic oxidation sites excluding steroid dienone is 2. The lowest BCUT2D eigenvalue weighted by Gasteiger charge is -1.93. The van der Waals surface area contributed by atoms with Crippen molar-refractivity contribution in [1.29, 1.82) is 5.26 Å². The van der Waals surface area contributed by atoms with Crippen LogP contribution in [0.5, 0.6) is 0 Å². The summed E-state index contributed by atoms with van der Waals surface area (Å²) in [5.41, 5.74) is 1.38.